The highest BCUT2D eigenvalue weighted by Gasteiger charge is 2.37. The van der Waals surface area contributed by atoms with Crippen LogP contribution in [0.25, 0.3) is 22.5 Å². The number of aromatic nitrogens is 2. The first-order valence-corrected chi connectivity index (χ1v) is 14.3. The van der Waals surface area contributed by atoms with E-state index in [1.807, 2.05) is 24.3 Å². The van der Waals surface area contributed by atoms with E-state index in [4.69, 9.17) is 14.5 Å². The second kappa shape index (κ2) is 13.2. The summed E-state index contributed by atoms with van der Waals surface area (Å²) in [5.41, 5.74) is 5.53. The van der Waals surface area contributed by atoms with Crippen molar-refractivity contribution < 1.29 is 9.47 Å². The minimum absolute atomic E-state index is 0.0698. The number of rotatable bonds is 12. The lowest BCUT2D eigenvalue weighted by molar-refractivity contribution is -0.240. The molecule has 5 heteroatoms. The van der Waals surface area contributed by atoms with Crippen LogP contribution in [0.3, 0.4) is 0 Å². The fraction of sp³-hybridized carbons (Fsp3) is 0.382. The maximum Gasteiger partial charge on any atom is 0.217 e. The van der Waals surface area contributed by atoms with Crippen LogP contribution >= 0.6 is 0 Å². The molecule has 0 aliphatic carbocycles. The maximum atomic E-state index is 6.40. The van der Waals surface area contributed by atoms with Crippen LogP contribution in [0, 0.1) is 5.41 Å². The molecule has 1 N–H and O–H groups in total. The Morgan fingerprint density at radius 3 is 2.08 bits per heavy atom. The second-order valence-electron chi connectivity index (χ2n) is 11.0. The number of hydrogen-bond acceptors (Lipinski definition) is 4. The Kier molecular flexibility index (Phi) is 9.25. The smallest absolute Gasteiger partial charge is 0.217 e. The SMILES string of the molecule is CCCC1(CCCCN(C)Cc2ccccc2)COC(c2nc(-c3ccccc3)c(-c3ccccc3)[nH]2)OC1. The van der Waals surface area contributed by atoms with Crippen molar-refractivity contribution in [2.45, 2.75) is 51.9 Å². The summed E-state index contributed by atoms with van der Waals surface area (Å²) in [6.45, 7) is 5.75. The number of ether oxygens (including phenoxy) is 2. The van der Waals surface area contributed by atoms with Crippen molar-refractivity contribution >= 4 is 0 Å². The molecule has 0 radical (unpaired) electrons. The van der Waals surface area contributed by atoms with Gasteiger partial charge >= 0.3 is 0 Å². The molecule has 3 aromatic carbocycles. The number of hydrogen-bond donors (Lipinski definition) is 1. The van der Waals surface area contributed by atoms with Crippen LogP contribution < -0.4 is 0 Å². The van der Waals surface area contributed by atoms with Crippen molar-refractivity contribution in [3.05, 3.63) is 102 Å². The molecule has 5 rings (SSSR count). The van der Waals surface area contributed by atoms with E-state index in [0.717, 1.165) is 60.7 Å². The average Bonchev–Trinajstić information content (AvgIpc) is 3.43. The van der Waals surface area contributed by atoms with Gasteiger partial charge in [0.05, 0.1) is 24.6 Å². The molecule has 39 heavy (non-hydrogen) atoms. The van der Waals surface area contributed by atoms with Gasteiger partial charge in [-0.1, -0.05) is 111 Å². The highest BCUT2D eigenvalue weighted by molar-refractivity contribution is 5.78. The van der Waals surface area contributed by atoms with Gasteiger partial charge < -0.3 is 19.4 Å². The number of nitrogens with one attached hydrogen (secondary N) is 1. The Morgan fingerprint density at radius 2 is 1.44 bits per heavy atom. The van der Waals surface area contributed by atoms with E-state index in [1.165, 1.54) is 18.4 Å². The summed E-state index contributed by atoms with van der Waals surface area (Å²) in [6.07, 6.45) is 5.23. The molecular weight excluding hydrogens is 482 g/mol. The maximum absolute atomic E-state index is 6.40. The summed E-state index contributed by atoms with van der Waals surface area (Å²) in [5.74, 6) is 0.736. The Morgan fingerprint density at radius 1 is 0.821 bits per heavy atom. The number of imidazole rings is 1. The summed E-state index contributed by atoms with van der Waals surface area (Å²) < 4.78 is 12.8. The van der Waals surface area contributed by atoms with Crippen molar-refractivity contribution in [1.29, 1.82) is 0 Å². The largest absolute Gasteiger partial charge is 0.345 e. The van der Waals surface area contributed by atoms with Gasteiger partial charge in [-0.25, -0.2) is 4.98 Å². The van der Waals surface area contributed by atoms with E-state index in [0.29, 0.717) is 13.2 Å². The van der Waals surface area contributed by atoms with Gasteiger partial charge in [-0.15, -0.1) is 0 Å². The van der Waals surface area contributed by atoms with Crippen molar-refractivity contribution in [2.75, 3.05) is 26.8 Å². The lowest BCUT2D eigenvalue weighted by Gasteiger charge is -2.39. The zero-order valence-corrected chi connectivity index (χ0v) is 23.3. The molecule has 0 bridgehead atoms. The first-order valence-electron chi connectivity index (χ1n) is 14.3. The normalized spacial score (nSPS) is 19.4. The molecule has 0 atom stereocenters. The van der Waals surface area contributed by atoms with Crippen LogP contribution in [0.2, 0.25) is 0 Å². The number of nitrogens with zero attached hydrogens (tertiary/aromatic N) is 2. The van der Waals surface area contributed by atoms with Crippen molar-refractivity contribution in [3.63, 3.8) is 0 Å². The molecule has 0 unspecified atom stereocenters. The predicted octanol–water partition coefficient (Wildman–Crippen LogP) is 7.88. The van der Waals surface area contributed by atoms with Gasteiger partial charge in [0.1, 0.15) is 0 Å². The van der Waals surface area contributed by atoms with Crippen LogP contribution in [-0.2, 0) is 16.0 Å². The van der Waals surface area contributed by atoms with Crippen LogP contribution in [0.4, 0.5) is 0 Å². The Labute approximate surface area is 233 Å². The molecule has 1 aliphatic heterocycles. The Bertz CT molecular complexity index is 1210. The summed E-state index contributed by atoms with van der Waals surface area (Å²) in [7, 11) is 2.21. The second-order valence-corrected chi connectivity index (χ2v) is 11.0. The zero-order chi connectivity index (χ0) is 26.9. The summed E-state index contributed by atoms with van der Waals surface area (Å²) >= 11 is 0. The zero-order valence-electron chi connectivity index (χ0n) is 23.3. The standard InChI is InChI=1S/C34H41N3O2/c1-3-21-34(22-13-14-23-37(2)24-27-15-7-4-8-16-27)25-38-33(39-26-34)32-35-30(28-17-9-5-10-18-28)31(36-32)29-19-11-6-12-20-29/h4-12,15-20,33H,3,13-14,21-26H2,1-2H3,(H,35,36). The van der Waals surface area contributed by atoms with Crippen molar-refractivity contribution in [2.24, 2.45) is 5.41 Å². The molecule has 5 nitrogen and oxygen atoms in total. The number of H-pyrrole nitrogens is 1. The van der Waals surface area contributed by atoms with E-state index in [-0.39, 0.29) is 5.41 Å². The molecule has 1 aromatic heterocycles. The van der Waals surface area contributed by atoms with Crippen LogP contribution in [0.15, 0.2) is 91.0 Å². The van der Waals surface area contributed by atoms with Crippen molar-refractivity contribution in [1.82, 2.24) is 14.9 Å². The third kappa shape index (κ3) is 7.04. The third-order valence-electron chi connectivity index (χ3n) is 7.71. The van der Waals surface area contributed by atoms with E-state index in [9.17, 15) is 0 Å². The van der Waals surface area contributed by atoms with Gasteiger partial charge in [-0.2, -0.15) is 0 Å². The fourth-order valence-corrected chi connectivity index (χ4v) is 5.67. The van der Waals surface area contributed by atoms with Gasteiger partial charge in [-0.3, -0.25) is 0 Å². The summed E-state index contributed by atoms with van der Waals surface area (Å²) in [5, 5.41) is 0. The molecule has 2 heterocycles. The van der Waals surface area contributed by atoms with E-state index in [1.54, 1.807) is 0 Å². The molecule has 0 saturated carbocycles. The molecule has 204 valence electrons. The topological polar surface area (TPSA) is 50.4 Å². The summed E-state index contributed by atoms with van der Waals surface area (Å²) in [6, 6.07) is 31.4. The van der Waals surface area contributed by atoms with Crippen LogP contribution in [-0.4, -0.2) is 41.7 Å². The molecule has 1 aliphatic rings. The number of benzene rings is 3. The monoisotopic (exact) mass is 523 g/mol. The molecule has 1 fully saturated rings. The first-order chi connectivity index (χ1) is 19.2. The van der Waals surface area contributed by atoms with Gasteiger partial charge in [0.2, 0.25) is 6.29 Å². The van der Waals surface area contributed by atoms with Gasteiger partial charge in [0, 0.05) is 23.1 Å². The number of aromatic amines is 1. The quantitative estimate of drug-likeness (QED) is 0.192. The van der Waals surface area contributed by atoms with Crippen LogP contribution in [0.1, 0.15) is 56.7 Å². The molecule has 1 saturated heterocycles. The lowest BCUT2D eigenvalue weighted by Crippen LogP contribution is -2.39. The van der Waals surface area contributed by atoms with E-state index in [2.05, 4.69) is 90.6 Å². The highest BCUT2D eigenvalue weighted by atomic mass is 16.7. The van der Waals surface area contributed by atoms with Gasteiger partial charge in [-0.05, 0) is 38.4 Å². The molecule has 0 amide bonds. The molecular formula is C34H41N3O2. The molecule has 4 aromatic rings. The predicted molar refractivity (Wildman–Crippen MR) is 158 cm³/mol. The average molecular weight is 524 g/mol. The fourth-order valence-electron chi connectivity index (χ4n) is 5.67. The van der Waals surface area contributed by atoms with Gasteiger partial charge in [0.25, 0.3) is 0 Å². The Balaban J connectivity index is 1.21. The van der Waals surface area contributed by atoms with Crippen molar-refractivity contribution in [3.8, 4) is 22.5 Å². The minimum Gasteiger partial charge on any atom is -0.345 e. The first kappa shape index (κ1) is 27.3. The van der Waals surface area contributed by atoms with E-state index >= 15 is 0 Å². The molecule has 0 spiro atoms. The van der Waals surface area contributed by atoms with Crippen LogP contribution in [0.5, 0.6) is 0 Å². The third-order valence-corrected chi connectivity index (χ3v) is 7.71. The highest BCUT2D eigenvalue weighted by Crippen LogP contribution is 2.40. The van der Waals surface area contributed by atoms with E-state index < -0.39 is 6.29 Å². The van der Waals surface area contributed by atoms with Gasteiger partial charge in [0.15, 0.2) is 5.82 Å². The lowest BCUT2D eigenvalue weighted by atomic mass is 9.79. The number of unbranched alkanes of at least 4 members (excludes halogenated alkanes) is 1. The minimum atomic E-state index is -0.480. The summed E-state index contributed by atoms with van der Waals surface area (Å²) in [4.78, 5) is 11.0. The Hall–Kier alpha value is -3.25.